The molecule has 8 heteroatoms. The number of methoxy groups -OCH3 is 1. The highest BCUT2D eigenvalue weighted by atomic mass is 32.1. The molecule has 0 N–H and O–H groups in total. The molecule has 2 heterocycles. The molecule has 0 saturated carbocycles. The van der Waals surface area contributed by atoms with Gasteiger partial charge in [0.25, 0.3) is 0 Å². The van der Waals surface area contributed by atoms with E-state index in [-0.39, 0.29) is 5.91 Å². The zero-order chi connectivity index (χ0) is 22.3. The van der Waals surface area contributed by atoms with E-state index in [4.69, 9.17) is 14.5 Å². The number of carbonyl (C=O) groups excluding carboxylic acids is 1. The van der Waals surface area contributed by atoms with Crippen molar-refractivity contribution < 1.29 is 14.3 Å². The molecule has 0 unspecified atom stereocenters. The molecule has 166 valence electrons. The first-order valence-electron chi connectivity index (χ1n) is 10.6. The summed E-state index contributed by atoms with van der Waals surface area (Å²) in [7, 11) is 1.63. The number of amides is 1. The van der Waals surface area contributed by atoms with Crippen molar-refractivity contribution in [1.29, 1.82) is 0 Å². The maximum absolute atomic E-state index is 13.3. The van der Waals surface area contributed by atoms with Gasteiger partial charge in [0.1, 0.15) is 11.5 Å². The summed E-state index contributed by atoms with van der Waals surface area (Å²) in [6.45, 7) is 3.93. The van der Waals surface area contributed by atoms with Crippen LogP contribution in [-0.2, 0) is 17.8 Å². The molecule has 0 saturated heterocycles. The average Bonchev–Trinajstić information content (AvgIpc) is 3.47. The van der Waals surface area contributed by atoms with Crippen LogP contribution in [0.4, 0.5) is 5.13 Å². The first-order chi connectivity index (χ1) is 15.7. The third-order valence-electron chi connectivity index (χ3n) is 5.06. The molecule has 32 heavy (non-hydrogen) atoms. The first kappa shape index (κ1) is 21.8. The lowest BCUT2D eigenvalue weighted by Crippen LogP contribution is -2.33. The third kappa shape index (κ3) is 5.26. The van der Waals surface area contributed by atoms with Gasteiger partial charge in [-0.25, -0.2) is 9.97 Å². The van der Waals surface area contributed by atoms with Gasteiger partial charge >= 0.3 is 0 Å². The molecule has 2 aromatic heterocycles. The van der Waals surface area contributed by atoms with Gasteiger partial charge in [0.05, 0.1) is 36.7 Å². The molecule has 0 aliphatic carbocycles. The summed E-state index contributed by atoms with van der Waals surface area (Å²) in [5.41, 5.74) is 1.81. The van der Waals surface area contributed by atoms with Crippen LogP contribution in [0, 0.1) is 0 Å². The molecule has 1 amide bonds. The van der Waals surface area contributed by atoms with Crippen molar-refractivity contribution >= 4 is 32.6 Å². The number of aromatic nitrogens is 3. The number of benzene rings is 2. The highest BCUT2D eigenvalue weighted by Crippen LogP contribution is 2.32. The van der Waals surface area contributed by atoms with Crippen LogP contribution in [0.2, 0.25) is 0 Å². The largest absolute Gasteiger partial charge is 0.497 e. The SMILES string of the molecule is CCOc1ccc2nc(N(CCCn3ccnc3)C(=O)Cc3ccc(OC)cc3)sc2c1. The minimum absolute atomic E-state index is 0.0184. The summed E-state index contributed by atoms with van der Waals surface area (Å²) in [5.74, 6) is 1.60. The highest BCUT2D eigenvalue weighted by molar-refractivity contribution is 7.22. The number of anilines is 1. The molecule has 0 atom stereocenters. The molecule has 0 bridgehead atoms. The fourth-order valence-corrected chi connectivity index (χ4v) is 4.47. The number of rotatable bonds is 10. The Balaban J connectivity index is 1.55. The van der Waals surface area contributed by atoms with Crippen LogP contribution >= 0.6 is 11.3 Å². The van der Waals surface area contributed by atoms with E-state index in [1.165, 1.54) is 11.3 Å². The summed E-state index contributed by atoms with van der Waals surface area (Å²) < 4.78 is 13.8. The minimum atomic E-state index is 0.0184. The van der Waals surface area contributed by atoms with Gasteiger partial charge in [0.15, 0.2) is 5.13 Å². The molecule has 4 rings (SSSR count). The normalized spacial score (nSPS) is 10.9. The van der Waals surface area contributed by atoms with E-state index >= 15 is 0 Å². The number of thiazole rings is 1. The minimum Gasteiger partial charge on any atom is -0.497 e. The van der Waals surface area contributed by atoms with Gasteiger partial charge in [-0.1, -0.05) is 23.5 Å². The standard InChI is InChI=1S/C24H26N4O3S/c1-3-31-20-9-10-21-22(16-20)32-24(26-21)28(13-4-12-27-14-11-25-17-27)23(29)15-18-5-7-19(30-2)8-6-18/h5-11,14,16-17H,3-4,12-13,15H2,1-2H3. The fraction of sp³-hybridized carbons (Fsp3) is 0.292. The van der Waals surface area contributed by atoms with Crippen LogP contribution in [0.15, 0.2) is 61.2 Å². The first-order valence-corrected chi connectivity index (χ1v) is 11.4. The van der Waals surface area contributed by atoms with Crippen LogP contribution < -0.4 is 14.4 Å². The second-order valence-electron chi connectivity index (χ2n) is 7.28. The van der Waals surface area contributed by atoms with Gasteiger partial charge in [-0.2, -0.15) is 0 Å². The summed E-state index contributed by atoms with van der Waals surface area (Å²) in [5, 5.41) is 0.706. The van der Waals surface area contributed by atoms with Crippen molar-refractivity contribution in [3.8, 4) is 11.5 Å². The molecule has 7 nitrogen and oxygen atoms in total. The lowest BCUT2D eigenvalue weighted by molar-refractivity contribution is -0.118. The smallest absolute Gasteiger partial charge is 0.233 e. The Morgan fingerprint density at radius 3 is 2.69 bits per heavy atom. The molecule has 4 aromatic rings. The van der Waals surface area contributed by atoms with E-state index in [2.05, 4.69) is 4.98 Å². The summed E-state index contributed by atoms with van der Waals surface area (Å²) in [6, 6.07) is 13.4. The Labute approximate surface area is 191 Å². The topological polar surface area (TPSA) is 69.5 Å². The maximum Gasteiger partial charge on any atom is 0.233 e. The molecular formula is C24H26N4O3S. The van der Waals surface area contributed by atoms with Gasteiger partial charge in [0.2, 0.25) is 5.91 Å². The Morgan fingerprint density at radius 2 is 1.97 bits per heavy atom. The van der Waals surface area contributed by atoms with Gasteiger partial charge < -0.3 is 14.0 Å². The van der Waals surface area contributed by atoms with E-state index in [1.54, 1.807) is 24.5 Å². The lowest BCUT2D eigenvalue weighted by atomic mass is 10.1. The molecular weight excluding hydrogens is 424 g/mol. The van der Waals surface area contributed by atoms with Gasteiger partial charge in [-0.15, -0.1) is 0 Å². The Kier molecular flexibility index (Phi) is 7.01. The Hall–Kier alpha value is -3.39. The van der Waals surface area contributed by atoms with Crippen LogP contribution in [0.5, 0.6) is 11.5 Å². The number of carbonyl (C=O) groups is 1. The van der Waals surface area contributed by atoms with Crippen LogP contribution in [-0.4, -0.2) is 40.7 Å². The molecule has 0 radical (unpaired) electrons. The number of imidazole rings is 1. The highest BCUT2D eigenvalue weighted by Gasteiger charge is 2.20. The van der Waals surface area contributed by atoms with Crippen molar-refractivity contribution in [2.75, 3.05) is 25.2 Å². The van der Waals surface area contributed by atoms with E-state index in [1.807, 2.05) is 60.2 Å². The molecule has 0 aliphatic heterocycles. The van der Waals surface area contributed by atoms with E-state index in [0.717, 1.165) is 40.2 Å². The number of hydrogen-bond donors (Lipinski definition) is 0. The monoisotopic (exact) mass is 450 g/mol. The average molecular weight is 451 g/mol. The van der Waals surface area contributed by atoms with Crippen LogP contribution in [0.1, 0.15) is 18.9 Å². The van der Waals surface area contributed by atoms with Crippen molar-refractivity contribution in [1.82, 2.24) is 14.5 Å². The third-order valence-corrected chi connectivity index (χ3v) is 6.10. The number of hydrogen-bond acceptors (Lipinski definition) is 6. The van der Waals surface area contributed by atoms with Gasteiger partial charge in [-0.3, -0.25) is 9.69 Å². The van der Waals surface area contributed by atoms with E-state index in [9.17, 15) is 4.79 Å². The van der Waals surface area contributed by atoms with Crippen molar-refractivity contribution in [3.05, 3.63) is 66.7 Å². The van der Waals surface area contributed by atoms with E-state index < -0.39 is 0 Å². The molecule has 0 spiro atoms. The number of ether oxygens (including phenoxy) is 2. The quantitative estimate of drug-likeness (QED) is 0.354. The summed E-state index contributed by atoms with van der Waals surface area (Å²) >= 11 is 1.51. The predicted molar refractivity (Wildman–Crippen MR) is 127 cm³/mol. The van der Waals surface area contributed by atoms with Crippen molar-refractivity contribution in [2.45, 2.75) is 26.3 Å². The zero-order valence-corrected chi connectivity index (χ0v) is 19.0. The maximum atomic E-state index is 13.3. The Morgan fingerprint density at radius 1 is 1.16 bits per heavy atom. The molecule has 0 aliphatic rings. The fourth-order valence-electron chi connectivity index (χ4n) is 3.44. The van der Waals surface area contributed by atoms with Gasteiger partial charge in [-0.05, 0) is 49.2 Å². The Bertz CT molecular complexity index is 1160. The van der Waals surface area contributed by atoms with Crippen LogP contribution in [0.25, 0.3) is 10.2 Å². The van der Waals surface area contributed by atoms with E-state index in [0.29, 0.717) is 24.7 Å². The van der Waals surface area contributed by atoms with Crippen molar-refractivity contribution in [3.63, 3.8) is 0 Å². The number of fused-ring (bicyclic) bond motifs is 1. The molecule has 0 fully saturated rings. The second kappa shape index (κ2) is 10.3. The van der Waals surface area contributed by atoms with Crippen LogP contribution in [0.3, 0.4) is 0 Å². The lowest BCUT2D eigenvalue weighted by Gasteiger charge is -2.20. The predicted octanol–water partition coefficient (Wildman–Crippen LogP) is 4.57. The molecule has 2 aromatic carbocycles. The summed E-state index contributed by atoms with van der Waals surface area (Å²) in [6.07, 6.45) is 6.57. The zero-order valence-electron chi connectivity index (χ0n) is 18.2. The number of nitrogens with zero attached hydrogens (tertiary/aromatic N) is 4. The second-order valence-corrected chi connectivity index (χ2v) is 8.29. The summed E-state index contributed by atoms with van der Waals surface area (Å²) in [4.78, 5) is 24.0. The number of aryl methyl sites for hydroxylation is 1. The van der Waals surface area contributed by atoms with Gasteiger partial charge in [0, 0.05) is 25.5 Å². The van der Waals surface area contributed by atoms with Crippen molar-refractivity contribution in [2.24, 2.45) is 0 Å².